The first kappa shape index (κ1) is 17.8. The van der Waals surface area contributed by atoms with Gasteiger partial charge in [-0.15, -0.1) is 0 Å². The summed E-state index contributed by atoms with van der Waals surface area (Å²) in [5.74, 6) is 0. The van der Waals surface area contributed by atoms with Crippen LogP contribution in [0, 0.1) is 10.1 Å². The van der Waals surface area contributed by atoms with Crippen molar-refractivity contribution in [3.63, 3.8) is 0 Å². The summed E-state index contributed by atoms with van der Waals surface area (Å²) in [4.78, 5) is 9.85. The highest BCUT2D eigenvalue weighted by molar-refractivity contribution is 7.89. The quantitative estimate of drug-likeness (QED) is 0.413. The maximum absolute atomic E-state index is 12.5. The predicted molar refractivity (Wildman–Crippen MR) is 79.0 cm³/mol. The smallest absolute Gasteiger partial charge is 0.270 e. The molecule has 1 aromatic rings. The topological polar surface area (TPSA) is 89.8 Å². The van der Waals surface area contributed by atoms with Crippen molar-refractivity contribution in [2.45, 2.75) is 18.7 Å². The first-order valence-corrected chi connectivity index (χ1v) is 8.18. The number of hydrogen-bond acceptors (Lipinski definition) is 5. The molecule has 0 aliphatic rings. The second-order valence-electron chi connectivity index (χ2n) is 4.07. The number of ether oxygens (including phenoxy) is 1. The van der Waals surface area contributed by atoms with E-state index in [1.54, 1.807) is 6.92 Å². The number of nitro benzene ring substituents is 1. The minimum Gasteiger partial charge on any atom is -0.380 e. The number of hydrogen-bond donors (Lipinski definition) is 0. The molecule has 0 N–H and O–H groups in total. The van der Waals surface area contributed by atoms with Crippen LogP contribution in [0.4, 0.5) is 5.69 Å². The highest BCUT2D eigenvalue weighted by Crippen LogP contribution is 2.28. The Kier molecular flexibility index (Phi) is 6.53. The van der Waals surface area contributed by atoms with E-state index >= 15 is 0 Å². The molecule has 0 heterocycles. The molecule has 0 aliphatic heterocycles. The van der Waals surface area contributed by atoms with Gasteiger partial charge in [0.1, 0.15) is 4.90 Å². The van der Waals surface area contributed by atoms with Crippen LogP contribution in [0.1, 0.15) is 13.8 Å². The van der Waals surface area contributed by atoms with Crippen LogP contribution in [0.3, 0.4) is 0 Å². The van der Waals surface area contributed by atoms with Gasteiger partial charge >= 0.3 is 0 Å². The van der Waals surface area contributed by atoms with Crippen molar-refractivity contribution in [1.82, 2.24) is 4.31 Å². The van der Waals surface area contributed by atoms with Crippen molar-refractivity contribution < 1.29 is 18.1 Å². The zero-order valence-corrected chi connectivity index (χ0v) is 13.4. The Bertz CT molecular complexity index is 606. The van der Waals surface area contributed by atoms with Gasteiger partial charge in [0.2, 0.25) is 10.0 Å². The predicted octanol–water partition coefficient (Wildman–Crippen LogP) is 2.30. The third-order valence-electron chi connectivity index (χ3n) is 2.79. The van der Waals surface area contributed by atoms with Crippen LogP contribution < -0.4 is 0 Å². The van der Waals surface area contributed by atoms with Crippen molar-refractivity contribution in [1.29, 1.82) is 0 Å². The summed E-state index contributed by atoms with van der Waals surface area (Å²) in [5, 5.41) is 10.7. The zero-order chi connectivity index (χ0) is 16.0. The van der Waals surface area contributed by atoms with Gasteiger partial charge in [0, 0.05) is 31.8 Å². The lowest BCUT2D eigenvalue weighted by Gasteiger charge is -2.20. The second-order valence-corrected chi connectivity index (χ2v) is 6.38. The molecule has 0 radical (unpaired) electrons. The third-order valence-corrected chi connectivity index (χ3v) is 5.24. The van der Waals surface area contributed by atoms with Crippen molar-refractivity contribution >= 4 is 27.3 Å². The normalized spacial score (nSPS) is 11.8. The molecule has 0 saturated carbocycles. The fourth-order valence-corrected chi connectivity index (χ4v) is 3.63. The maximum atomic E-state index is 12.5. The van der Waals surface area contributed by atoms with Crippen molar-refractivity contribution in [3.05, 3.63) is 33.3 Å². The zero-order valence-electron chi connectivity index (χ0n) is 11.8. The van der Waals surface area contributed by atoms with Crippen molar-refractivity contribution in [2.24, 2.45) is 0 Å². The summed E-state index contributed by atoms with van der Waals surface area (Å²) in [7, 11) is -3.90. The Hall–Kier alpha value is -1.22. The van der Waals surface area contributed by atoms with E-state index in [0.717, 1.165) is 12.1 Å². The fourth-order valence-electron chi connectivity index (χ4n) is 1.70. The molecule has 7 nitrogen and oxygen atoms in total. The van der Waals surface area contributed by atoms with Crippen molar-refractivity contribution in [3.8, 4) is 0 Å². The molecule has 0 saturated heterocycles. The summed E-state index contributed by atoms with van der Waals surface area (Å²) in [5.41, 5.74) is -0.321. The van der Waals surface area contributed by atoms with E-state index in [1.165, 1.54) is 10.4 Å². The molecule has 0 aliphatic carbocycles. The highest BCUT2D eigenvalue weighted by atomic mass is 35.5. The van der Waals surface area contributed by atoms with Gasteiger partial charge in [-0.25, -0.2) is 8.42 Å². The summed E-state index contributed by atoms with van der Waals surface area (Å²) in [6.45, 7) is 4.59. The van der Waals surface area contributed by atoms with Crippen LogP contribution in [0.15, 0.2) is 23.1 Å². The van der Waals surface area contributed by atoms with Gasteiger partial charge in [0.15, 0.2) is 0 Å². The third kappa shape index (κ3) is 4.37. The molecular weight excluding hydrogens is 320 g/mol. The van der Waals surface area contributed by atoms with Gasteiger partial charge in [0.25, 0.3) is 5.69 Å². The van der Waals surface area contributed by atoms with E-state index in [0.29, 0.717) is 6.61 Å². The largest absolute Gasteiger partial charge is 0.380 e. The number of likely N-dealkylation sites (N-methyl/N-ethyl adjacent to an activating group) is 1. The Morgan fingerprint density at radius 2 is 2.05 bits per heavy atom. The van der Waals surface area contributed by atoms with Gasteiger partial charge in [-0.1, -0.05) is 18.5 Å². The van der Waals surface area contributed by atoms with Crippen LogP contribution in [0.25, 0.3) is 0 Å². The van der Waals surface area contributed by atoms with Gasteiger partial charge in [-0.2, -0.15) is 4.31 Å². The molecule has 1 rings (SSSR count). The average molecular weight is 337 g/mol. The van der Waals surface area contributed by atoms with E-state index < -0.39 is 14.9 Å². The number of rotatable bonds is 8. The molecule has 0 unspecified atom stereocenters. The summed E-state index contributed by atoms with van der Waals surface area (Å²) in [6.07, 6.45) is 0. The SMILES string of the molecule is CCOCCN(CC)S(=O)(=O)c1cc([N+](=O)[O-])ccc1Cl. The Labute approximate surface area is 128 Å². The summed E-state index contributed by atoms with van der Waals surface area (Å²) >= 11 is 5.89. The summed E-state index contributed by atoms with van der Waals surface area (Å²) < 4.78 is 31.3. The maximum Gasteiger partial charge on any atom is 0.270 e. The number of non-ortho nitro benzene ring substituents is 1. The van der Waals surface area contributed by atoms with Crippen molar-refractivity contribution in [2.75, 3.05) is 26.3 Å². The molecular formula is C12H17ClN2O5S. The first-order valence-electron chi connectivity index (χ1n) is 6.36. The van der Waals surface area contributed by atoms with Crippen LogP contribution >= 0.6 is 11.6 Å². The van der Waals surface area contributed by atoms with E-state index in [2.05, 4.69) is 0 Å². The van der Waals surface area contributed by atoms with E-state index in [9.17, 15) is 18.5 Å². The standard InChI is InChI=1S/C12H17ClN2O5S/c1-3-14(7-8-20-4-2)21(18,19)12-9-10(15(16)17)5-6-11(12)13/h5-6,9H,3-4,7-8H2,1-2H3. The van der Waals surface area contributed by atoms with Gasteiger partial charge in [0.05, 0.1) is 16.6 Å². The molecule has 0 amide bonds. The van der Waals surface area contributed by atoms with E-state index in [1.807, 2.05) is 6.92 Å². The molecule has 0 fully saturated rings. The molecule has 0 aromatic heterocycles. The lowest BCUT2D eigenvalue weighted by Crippen LogP contribution is -2.34. The molecule has 1 aromatic carbocycles. The van der Waals surface area contributed by atoms with Gasteiger partial charge in [-0.05, 0) is 13.0 Å². The minimum absolute atomic E-state index is 0.0459. The highest BCUT2D eigenvalue weighted by Gasteiger charge is 2.27. The van der Waals surface area contributed by atoms with Crippen LogP contribution in [0.2, 0.25) is 5.02 Å². The molecule has 9 heteroatoms. The number of benzene rings is 1. The van der Waals surface area contributed by atoms with Crippen LogP contribution in [0.5, 0.6) is 0 Å². The second kappa shape index (κ2) is 7.69. The molecule has 0 spiro atoms. The van der Waals surface area contributed by atoms with E-state index in [4.69, 9.17) is 16.3 Å². The molecule has 0 atom stereocenters. The lowest BCUT2D eigenvalue weighted by molar-refractivity contribution is -0.385. The number of nitro groups is 1. The fraction of sp³-hybridized carbons (Fsp3) is 0.500. The lowest BCUT2D eigenvalue weighted by atomic mass is 10.3. The van der Waals surface area contributed by atoms with Crippen LogP contribution in [-0.4, -0.2) is 43.9 Å². The Morgan fingerprint density at radius 1 is 1.38 bits per heavy atom. The number of halogens is 1. The van der Waals surface area contributed by atoms with Gasteiger partial charge in [-0.3, -0.25) is 10.1 Å². The van der Waals surface area contributed by atoms with Gasteiger partial charge < -0.3 is 4.74 Å². The molecule has 0 bridgehead atoms. The van der Waals surface area contributed by atoms with Crippen LogP contribution in [-0.2, 0) is 14.8 Å². The number of nitrogens with zero attached hydrogens (tertiary/aromatic N) is 2. The Balaban J connectivity index is 3.15. The first-order chi connectivity index (χ1) is 9.84. The molecule has 21 heavy (non-hydrogen) atoms. The van der Waals surface area contributed by atoms with E-state index in [-0.39, 0.29) is 35.3 Å². The minimum atomic E-state index is -3.90. The number of sulfonamides is 1. The monoisotopic (exact) mass is 336 g/mol. The molecule has 118 valence electrons. The Morgan fingerprint density at radius 3 is 2.57 bits per heavy atom. The average Bonchev–Trinajstić information content (AvgIpc) is 2.43. The summed E-state index contributed by atoms with van der Waals surface area (Å²) in [6, 6.07) is 3.35.